The zero-order valence-corrected chi connectivity index (χ0v) is 18.7. The molecule has 7 nitrogen and oxygen atoms in total. The van der Waals surface area contributed by atoms with Crippen molar-refractivity contribution < 1.29 is 28.6 Å². The number of amides is 1. The standard InChI is InChI=1S/C24H25NO6S/c1-32-18-7-4-16(5-8-18)19(26)9-11-23(28)29-15-22(27)25-17-6-10-20-21(14-17)31-24(30-20)12-2-3-13-24/h4-8,10,14H,2-3,9,11-13,15H2,1H3,(H,25,27). The summed E-state index contributed by atoms with van der Waals surface area (Å²) in [6.45, 7) is -0.423. The van der Waals surface area contributed by atoms with E-state index >= 15 is 0 Å². The molecular weight excluding hydrogens is 430 g/mol. The largest absolute Gasteiger partial charge is 0.456 e. The van der Waals surface area contributed by atoms with Gasteiger partial charge in [-0.2, -0.15) is 0 Å². The number of ether oxygens (including phenoxy) is 3. The maximum Gasteiger partial charge on any atom is 0.306 e. The van der Waals surface area contributed by atoms with Crippen LogP contribution in [0.4, 0.5) is 5.69 Å². The lowest BCUT2D eigenvalue weighted by Crippen LogP contribution is -2.34. The van der Waals surface area contributed by atoms with Crippen LogP contribution in [0, 0.1) is 0 Å². The molecule has 1 aliphatic heterocycles. The van der Waals surface area contributed by atoms with Gasteiger partial charge in [-0.3, -0.25) is 14.4 Å². The number of rotatable bonds is 8. The van der Waals surface area contributed by atoms with Gasteiger partial charge in [-0.25, -0.2) is 0 Å². The molecule has 8 heteroatoms. The molecule has 1 fully saturated rings. The highest BCUT2D eigenvalue weighted by atomic mass is 32.2. The number of fused-ring (bicyclic) bond motifs is 1. The highest BCUT2D eigenvalue weighted by molar-refractivity contribution is 7.98. The van der Waals surface area contributed by atoms with Crippen LogP contribution in [0.2, 0.25) is 0 Å². The van der Waals surface area contributed by atoms with E-state index in [2.05, 4.69) is 5.32 Å². The number of ketones is 1. The normalized spacial score (nSPS) is 15.5. The van der Waals surface area contributed by atoms with Crippen LogP contribution in [-0.2, 0) is 14.3 Å². The summed E-state index contributed by atoms with van der Waals surface area (Å²) in [5.74, 6) is -0.487. The van der Waals surface area contributed by atoms with Crippen molar-refractivity contribution >= 4 is 35.1 Å². The summed E-state index contributed by atoms with van der Waals surface area (Å²) in [5.41, 5.74) is 1.09. The number of benzene rings is 2. The lowest BCUT2D eigenvalue weighted by molar-refractivity contribution is -0.147. The molecule has 2 aromatic carbocycles. The van der Waals surface area contributed by atoms with Gasteiger partial charge in [-0.15, -0.1) is 11.8 Å². The highest BCUT2D eigenvalue weighted by Gasteiger charge is 2.44. The summed E-state index contributed by atoms with van der Waals surface area (Å²) in [4.78, 5) is 37.4. The fourth-order valence-corrected chi connectivity index (χ4v) is 4.25. The molecule has 168 valence electrons. The van der Waals surface area contributed by atoms with Crippen LogP contribution in [0.1, 0.15) is 48.9 Å². The summed E-state index contributed by atoms with van der Waals surface area (Å²) in [6, 6.07) is 12.4. The Morgan fingerprint density at radius 1 is 1.00 bits per heavy atom. The molecule has 4 rings (SSSR count). The number of Topliss-reactive ketones (excluding diaryl/α,β-unsaturated/α-hetero) is 1. The van der Waals surface area contributed by atoms with Gasteiger partial charge in [0, 0.05) is 41.5 Å². The van der Waals surface area contributed by atoms with Crippen molar-refractivity contribution in [3.8, 4) is 11.5 Å². The Kier molecular flexibility index (Phi) is 6.69. The molecule has 0 aromatic heterocycles. The first kappa shape index (κ1) is 22.2. The molecular formula is C24H25NO6S. The fourth-order valence-electron chi connectivity index (χ4n) is 3.84. The second-order valence-corrected chi connectivity index (χ2v) is 8.72. The molecule has 1 N–H and O–H groups in total. The van der Waals surface area contributed by atoms with Gasteiger partial charge < -0.3 is 19.5 Å². The maximum absolute atomic E-state index is 12.2. The Balaban J connectivity index is 1.20. The van der Waals surface area contributed by atoms with E-state index in [0.717, 1.165) is 30.6 Å². The molecule has 1 amide bonds. The van der Waals surface area contributed by atoms with E-state index in [1.165, 1.54) is 0 Å². The lowest BCUT2D eigenvalue weighted by atomic mass is 10.1. The van der Waals surface area contributed by atoms with E-state index in [-0.39, 0.29) is 18.6 Å². The van der Waals surface area contributed by atoms with Gasteiger partial charge in [0.05, 0.1) is 6.42 Å². The molecule has 2 aliphatic rings. The first-order chi connectivity index (χ1) is 15.5. The number of nitrogens with one attached hydrogen (secondary N) is 1. The molecule has 0 unspecified atom stereocenters. The molecule has 1 saturated carbocycles. The number of carbonyl (C=O) groups is 3. The molecule has 0 atom stereocenters. The molecule has 32 heavy (non-hydrogen) atoms. The Morgan fingerprint density at radius 3 is 2.44 bits per heavy atom. The zero-order chi connectivity index (χ0) is 22.6. The van der Waals surface area contributed by atoms with Crippen molar-refractivity contribution in [1.82, 2.24) is 0 Å². The van der Waals surface area contributed by atoms with Crippen LogP contribution in [0.3, 0.4) is 0 Å². The molecule has 1 heterocycles. The van der Waals surface area contributed by atoms with Gasteiger partial charge in [-0.1, -0.05) is 12.1 Å². The number of hydrogen-bond donors (Lipinski definition) is 1. The minimum atomic E-state index is -0.594. The third kappa shape index (κ3) is 5.24. The Bertz CT molecular complexity index is 1010. The van der Waals surface area contributed by atoms with Crippen LogP contribution >= 0.6 is 11.8 Å². The SMILES string of the molecule is CSc1ccc(C(=O)CCC(=O)OCC(=O)Nc2ccc3c(c2)OC2(CCCC2)O3)cc1. The number of carbonyl (C=O) groups excluding carboxylic acids is 3. The minimum absolute atomic E-state index is 0.0307. The smallest absolute Gasteiger partial charge is 0.306 e. The lowest BCUT2D eigenvalue weighted by Gasteiger charge is -2.21. The van der Waals surface area contributed by atoms with E-state index in [0.29, 0.717) is 22.7 Å². The number of anilines is 1. The topological polar surface area (TPSA) is 90.9 Å². The van der Waals surface area contributed by atoms with Gasteiger partial charge in [0.15, 0.2) is 23.9 Å². The van der Waals surface area contributed by atoms with Crippen LogP contribution in [0.15, 0.2) is 47.4 Å². The predicted molar refractivity (Wildman–Crippen MR) is 120 cm³/mol. The van der Waals surface area contributed by atoms with Crippen molar-refractivity contribution in [1.29, 1.82) is 0 Å². The summed E-state index contributed by atoms with van der Waals surface area (Å²) < 4.78 is 16.9. The molecule has 0 saturated heterocycles. The summed E-state index contributed by atoms with van der Waals surface area (Å²) in [5, 5.41) is 2.69. The van der Waals surface area contributed by atoms with Gasteiger partial charge in [0.2, 0.25) is 0 Å². The maximum atomic E-state index is 12.2. The van der Waals surface area contributed by atoms with Crippen molar-refractivity contribution in [3.63, 3.8) is 0 Å². The highest BCUT2D eigenvalue weighted by Crippen LogP contribution is 2.47. The molecule has 0 bridgehead atoms. The number of esters is 1. The van der Waals surface area contributed by atoms with Crippen LogP contribution in [0.5, 0.6) is 11.5 Å². The fraction of sp³-hybridized carbons (Fsp3) is 0.375. The zero-order valence-electron chi connectivity index (χ0n) is 17.8. The third-order valence-corrected chi connectivity index (χ3v) is 6.26. The number of hydrogen-bond acceptors (Lipinski definition) is 7. The quantitative estimate of drug-likeness (QED) is 0.353. The van der Waals surface area contributed by atoms with E-state index in [4.69, 9.17) is 14.2 Å². The number of thioether (sulfide) groups is 1. The Hall–Kier alpha value is -3.00. The Morgan fingerprint density at radius 2 is 1.72 bits per heavy atom. The molecule has 0 radical (unpaired) electrons. The first-order valence-corrected chi connectivity index (χ1v) is 11.8. The van der Waals surface area contributed by atoms with Gasteiger partial charge in [0.1, 0.15) is 0 Å². The van der Waals surface area contributed by atoms with E-state index in [1.54, 1.807) is 42.1 Å². The first-order valence-electron chi connectivity index (χ1n) is 10.6. The second kappa shape index (κ2) is 9.65. The van der Waals surface area contributed by atoms with E-state index in [9.17, 15) is 14.4 Å². The van der Waals surface area contributed by atoms with E-state index in [1.807, 2.05) is 18.4 Å². The molecule has 1 aliphatic carbocycles. The van der Waals surface area contributed by atoms with Crippen molar-refractivity contribution in [2.24, 2.45) is 0 Å². The van der Waals surface area contributed by atoms with Crippen molar-refractivity contribution in [2.75, 3.05) is 18.2 Å². The summed E-state index contributed by atoms with van der Waals surface area (Å²) in [7, 11) is 0. The monoisotopic (exact) mass is 455 g/mol. The van der Waals surface area contributed by atoms with Gasteiger partial charge in [-0.05, 0) is 43.4 Å². The van der Waals surface area contributed by atoms with E-state index < -0.39 is 24.3 Å². The molecule has 1 spiro atoms. The van der Waals surface area contributed by atoms with Crippen molar-refractivity contribution in [3.05, 3.63) is 48.0 Å². The average Bonchev–Trinajstić information content (AvgIpc) is 3.41. The van der Waals surface area contributed by atoms with Gasteiger partial charge in [0.25, 0.3) is 11.7 Å². The summed E-state index contributed by atoms with van der Waals surface area (Å²) in [6.07, 6.45) is 5.75. The van der Waals surface area contributed by atoms with Gasteiger partial charge >= 0.3 is 5.97 Å². The Labute approximate surface area is 190 Å². The second-order valence-electron chi connectivity index (χ2n) is 7.84. The van der Waals surface area contributed by atoms with Crippen molar-refractivity contribution in [2.45, 2.75) is 49.2 Å². The minimum Gasteiger partial charge on any atom is -0.456 e. The van der Waals surface area contributed by atoms with Crippen LogP contribution in [-0.4, -0.2) is 36.3 Å². The van der Waals surface area contributed by atoms with Crippen LogP contribution in [0.25, 0.3) is 0 Å². The average molecular weight is 456 g/mol. The summed E-state index contributed by atoms with van der Waals surface area (Å²) >= 11 is 1.59. The molecule has 2 aromatic rings. The third-order valence-electron chi connectivity index (χ3n) is 5.52. The van der Waals surface area contributed by atoms with Crippen LogP contribution < -0.4 is 14.8 Å². The predicted octanol–water partition coefficient (Wildman–Crippen LogP) is 4.59.